The van der Waals surface area contributed by atoms with E-state index >= 15 is 0 Å². The van der Waals surface area contributed by atoms with Crippen molar-refractivity contribution >= 4 is 68.9 Å². The summed E-state index contributed by atoms with van der Waals surface area (Å²) in [5.74, 6) is 0.451. The molecule has 2 rings (SSSR count). The fourth-order valence-corrected chi connectivity index (χ4v) is 4.41. The van der Waals surface area contributed by atoms with Crippen LogP contribution in [0.1, 0.15) is 24.2 Å². The Labute approximate surface area is 193 Å². The van der Waals surface area contributed by atoms with Gasteiger partial charge in [-0.15, -0.1) is 24.0 Å². The molecule has 1 aliphatic rings. The lowest BCUT2D eigenvalue weighted by Crippen LogP contribution is -2.57. The Kier molecular flexibility index (Phi) is 9.30. The molecule has 1 aliphatic heterocycles. The molecule has 1 fully saturated rings. The van der Waals surface area contributed by atoms with E-state index in [-0.39, 0.29) is 35.6 Å². The summed E-state index contributed by atoms with van der Waals surface area (Å²) >= 11 is 11.8. The van der Waals surface area contributed by atoms with Crippen LogP contribution in [0.4, 0.5) is 0 Å². The molecule has 0 aromatic heterocycles. The topological polar surface area (TPSA) is 90.9 Å². The lowest BCUT2D eigenvalue weighted by atomic mass is 10.2. The molecular formula is C17H25Cl2IN4O3S. The predicted octanol–water partition coefficient (Wildman–Crippen LogP) is 2.43. The third-order valence-corrected chi connectivity index (χ3v) is 7.70. The number of nitrogens with one attached hydrogen (secondary N) is 2. The Hall–Kier alpha value is -0.780. The van der Waals surface area contributed by atoms with Crippen LogP contribution in [0.3, 0.4) is 0 Å². The van der Waals surface area contributed by atoms with E-state index in [9.17, 15) is 13.2 Å². The Balaban J connectivity index is 0.00000392. The second-order valence-electron chi connectivity index (χ2n) is 6.86. The van der Waals surface area contributed by atoms with Gasteiger partial charge in [-0.05, 0) is 32.0 Å². The quantitative estimate of drug-likeness (QED) is 0.254. The normalized spacial score (nSPS) is 18.2. The highest BCUT2D eigenvalue weighted by molar-refractivity contribution is 14.0. The number of halogens is 3. The number of nitrogens with zero attached hydrogens (tertiary/aromatic N) is 2. The fraction of sp³-hybridized carbons (Fsp3) is 0.529. The van der Waals surface area contributed by atoms with E-state index in [2.05, 4.69) is 15.6 Å². The molecule has 2 N–H and O–H groups in total. The highest BCUT2D eigenvalue weighted by atomic mass is 127. The minimum absolute atomic E-state index is 0. The van der Waals surface area contributed by atoms with Gasteiger partial charge in [0.1, 0.15) is 0 Å². The molecule has 1 aromatic carbocycles. The summed E-state index contributed by atoms with van der Waals surface area (Å²) in [7, 11) is -1.47. The van der Waals surface area contributed by atoms with Gasteiger partial charge in [-0.3, -0.25) is 9.79 Å². The third-order valence-electron chi connectivity index (χ3n) is 4.43. The number of hydrogen-bond acceptors (Lipinski definition) is 4. The van der Waals surface area contributed by atoms with E-state index in [0.717, 1.165) is 0 Å². The van der Waals surface area contributed by atoms with Gasteiger partial charge in [0.2, 0.25) is 0 Å². The fourth-order valence-electron chi connectivity index (χ4n) is 2.75. The van der Waals surface area contributed by atoms with Gasteiger partial charge in [0.15, 0.2) is 15.8 Å². The second kappa shape index (κ2) is 10.3. The number of guanidine groups is 1. The summed E-state index contributed by atoms with van der Waals surface area (Å²) in [6.45, 7) is 5.02. The molecule has 0 radical (unpaired) electrons. The van der Waals surface area contributed by atoms with Crippen molar-refractivity contribution in [2.75, 3.05) is 39.0 Å². The predicted molar refractivity (Wildman–Crippen MR) is 125 cm³/mol. The standard InChI is InChI=1S/C17H24Cl2N4O3S.HI/c1-17(2)11-23(8-9-27(17,25)26)16(20-3)22-7-6-21-15(24)12-4-5-13(18)14(19)10-12;/h4-5,10H,6-9,11H2,1-3H3,(H,20,22)(H,21,24);1H. The maximum Gasteiger partial charge on any atom is 0.251 e. The van der Waals surface area contributed by atoms with Gasteiger partial charge in [-0.1, -0.05) is 23.2 Å². The van der Waals surface area contributed by atoms with Crippen LogP contribution < -0.4 is 10.6 Å². The van der Waals surface area contributed by atoms with Crippen LogP contribution in [-0.2, 0) is 9.84 Å². The first-order valence-corrected chi connectivity index (χ1v) is 10.9. The number of benzene rings is 1. The molecular weight excluding hydrogens is 538 g/mol. The Bertz CT molecular complexity index is 847. The number of amides is 1. The Morgan fingerprint density at radius 2 is 1.86 bits per heavy atom. The van der Waals surface area contributed by atoms with E-state index in [0.29, 0.717) is 47.7 Å². The first kappa shape index (κ1) is 25.3. The first-order chi connectivity index (χ1) is 12.6. The number of aliphatic imine (C=N–C) groups is 1. The molecule has 7 nitrogen and oxygen atoms in total. The van der Waals surface area contributed by atoms with Crippen molar-refractivity contribution in [3.8, 4) is 0 Å². The first-order valence-electron chi connectivity index (χ1n) is 8.48. The molecule has 158 valence electrons. The van der Waals surface area contributed by atoms with Crippen LogP contribution in [0.15, 0.2) is 23.2 Å². The van der Waals surface area contributed by atoms with Gasteiger partial charge < -0.3 is 15.5 Å². The van der Waals surface area contributed by atoms with Crippen molar-refractivity contribution in [1.29, 1.82) is 0 Å². The van der Waals surface area contributed by atoms with E-state index in [1.54, 1.807) is 33.0 Å². The molecule has 28 heavy (non-hydrogen) atoms. The van der Waals surface area contributed by atoms with Gasteiger partial charge in [0.25, 0.3) is 5.91 Å². The average Bonchev–Trinajstić information content (AvgIpc) is 2.60. The SMILES string of the molecule is CN=C(NCCNC(=O)c1ccc(Cl)c(Cl)c1)N1CCS(=O)(=O)C(C)(C)C1.I. The monoisotopic (exact) mass is 562 g/mol. The summed E-state index contributed by atoms with van der Waals surface area (Å²) in [5.41, 5.74) is 0.428. The van der Waals surface area contributed by atoms with Crippen LogP contribution in [0.25, 0.3) is 0 Å². The summed E-state index contributed by atoms with van der Waals surface area (Å²) in [4.78, 5) is 18.3. The van der Waals surface area contributed by atoms with Gasteiger partial charge in [-0.2, -0.15) is 0 Å². The van der Waals surface area contributed by atoms with Gasteiger partial charge in [0.05, 0.1) is 20.5 Å². The van der Waals surface area contributed by atoms with Crippen molar-refractivity contribution in [2.45, 2.75) is 18.6 Å². The summed E-state index contributed by atoms with van der Waals surface area (Å²) in [5, 5.41) is 6.65. The van der Waals surface area contributed by atoms with Crippen LogP contribution >= 0.6 is 47.2 Å². The van der Waals surface area contributed by atoms with E-state index in [1.165, 1.54) is 6.07 Å². The van der Waals surface area contributed by atoms with Crippen molar-refractivity contribution in [3.63, 3.8) is 0 Å². The van der Waals surface area contributed by atoms with Crippen molar-refractivity contribution in [2.24, 2.45) is 4.99 Å². The zero-order chi connectivity index (χ0) is 20.2. The van der Waals surface area contributed by atoms with Gasteiger partial charge in [-0.25, -0.2) is 8.42 Å². The number of rotatable bonds is 4. The zero-order valence-corrected chi connectivity index (χ0v) is 20.6. The number of carbonyl (C=O) groups is 1. The van der Waals surface area contributed by atoms with E-state index in [4.69, 9.17) is 23.2 Å². The number of carbonyl (C=O) groups excluding carboxylic acids is 1. The van der Waals surface area contributed by atoms with Gasteiger partial charge in [0, 0.05) is 38.8 Å². The van der Waals surface area contributed by atoms with Crippen LogP contribution in [0.2, 0.25) is 10.0 Å². The molecule has 1 saturated heterocycles. The summed E-state index contributed by atoms with van der Waals surface area (Å²) in [6.07, 6.45) is 0. The molecule has 0 saturated carbocycles. The molecule has 1 aromatic rings. The summed E-state index contributed by atoms with van der Waals surface area (Å²) < 4.78 is 23.4. The lowest BCUT2D eigenvalue weighted by Gasteiger charge is -2.39. The highest BCUT2D eigenvalue weighted by Gasteiger charge is 2.40. The lowest BCUT2D eigenvalue weighted by molar-refractivity contribution is 0.0954. The molecule has 1 amide bonds. The number of hydrogen-bond donors (Lipinski definition) is 2. The van der Waals surface area contributed by atoms with Crippen LogP contribution in [0.5, 0.6) is 0 Å². The largest absolute Gasteiger partial charge is 0.354 e. The van der Waals surface area contributed by atoms with Crippen molar-refractivity contribution in [3.05, 3.63) is 33.8 Å². The maximum atomic E-state index is 12.1. The second-order valence-corrected chi connectivity index (χ2v) is 10.4. The Morgan fingerprint density at radius 3 is 2.43 bits per heavy atom. The van der Waals surface area contributed by atoms with Crippen LogP contribution in [0, 0.1) is 0 Å². The summed E-state index contributed by atoms with van der Waals surface area (Å²) in [6, 6.07) is 4.69. The molecule has 0 bridgehead atoms. The minimum Gasteiger partial charge on any atom is -0.354 e. The van der Waals surface area contributed by atoms with Crippen molar-refractivity contribution < 1.29 is 13.2 Å². The van der Waals surface area contributed by atoms with Crippen molar-refractivity contribution in [1.82, 2.24) is 15.5 Å². The molecule has 1 heterocycles. The van der Waals surface area contributed by atoms with Gasteiger partial charge >= 0.3 is 0 Å². The molecule has 0 atom stereocenters. The number of sulfone groups is 1. The smallest absolute Gasteiger partial charge is 0.251 e. The van der Waals surface area contributed by atoms with Crippen LogP contribution in [-0.4, -0.2) is 68.9 Å². The van der Waals surface area contributed by atoms with E-state index < -0.39 is 14.6 Å². The molecule has 11 heteroatoms. The minimum atomic E-state index is -3.11. The zero-order valence-electron chi connectivity index (χ0n) is 16.0. The molecule has 0 aliphatic carbocycles. The molecule has 0 unspecified atom stereocenters. The third kappa shape index (κ3) is 6.11. The average molecular weight is 563 g/mol. The van der Waals surface area contributed by atoms with E-state index in [1.807, 2.05) is 4.90 Å². The molecule has 0 spiro atoms. The Morgan fingerprint density at radius 1 is 1.21 bits per heavy atom. The maximum absolute atomic E-state index is 12.1. The highest BCUT2D eigenvalue weighted by Crippen LogP contribution is 2.24.